The Kier molecular flexibility index (Phi) is 1.82. The molecule has 1 saturated heterocycles. The molecule has 0 spiro atoms. The van der Waals surface area contributed by atoms with Gasteiger partial charge in [-0.2, -0.15) is 0 Å². The van der Waals surface area contributed by atoms with E-state index in [0.29, 0.717) is 12.2 Å². The first-order valence-electron chi connectivity index (χ1n) is 3.74. The summed E-state index contributed by atoms with van der Waals surface area (Å²) in [6.45, 7) is 6.57. The van der Waals surface area contributed by atoms with Crippen LogP contribution in [0.3, 0.4) is 0 Å². The molecular weight excluding hydrogens is 128 g/mol. The van der Waals surface area contributed by atoms with E-state index in [-0.39, 0.29) is 11.5 Å². The molecule has 1 rings (SSSR count). The minimum absolute atomic E-state index is 0.194. The SMILES string of the molecule is CCC(=O)C(C)(C)[C@@H]1CO1. The van der Waals surface area contributed by atoms with Crippen LogP contribution < -0.4 is 0 Å². The molecule has 1 atom stereocenters. The lowest BCUT2D eigenvalue weighted by Crippen LogP contribution is -2.29. The van der Waals surface area contributed by atoms with Crippen molar-refractivity contribution in [2.45, 2.75) is 33.3 Å². The van der Waals surface area contributed by atoms with Crippen LogP contribution in [0, 0.1) is 5.41 Å². The molecule has 0 aliphatic carbocycles. The van der Waals surface area contributed by atoms with Gasteiger partial charge in [0.15, 0.2) is 0 Å². The Balaban J connectivity index is 2.56. The van der Waals surface area contributed by atoms with Gasteiger partial charge in [-0.15, -0.1) is 0 Å². The van der Waals surface area contributed by atoms with Crippen molar-refractivity contribution >= 4 is 5.78 Å². The van der Waals surface area contributed by atoms with Crippen LogP contribution in [0.25, 0.3) is 0 Å². The standard InChI is InChI=1S/C8H14O2/c1-4-6(9)8(2,3)7-5-10-7/h7H,4-5H2,1-3H3/t7-/m0/s1. The lowest BCUT2D eigenvalue weighted by molar-refractivity contribution is -0.127. The maximum Gasteiger partial charge on any atom is 0.140 e. The number of epoxide rings is 1. The maximum absolute atomic E-state index is 11.2. The zero-order valence-electron chi connectivity index (χ0n) is 6.81. The predicted molar refractivity (Wildman–Crippen MR) is 38.8 cm³/mol. The highest BCUT2D eigenvalue weighted by Crippen LogP contribution is 2.33. The minimum atomic E-state index is -0.241. The van der Waals surface area contributed by atoms with Gasteiger partial charge in [-0.25, -0.2) is 0 Å². The Bertz CT molecular complexity index is 145. The van der Waals surface area contributed by atoms with E-state index in [4.69, 9.17) is 4.74 Å². The highest BCUT2D eigenvalue weighted by molar-refractivity contribution is 5.84. The molecule has 0 saturated carbocycles. The van der Waals surface area contributed by atoms with Crippen molar-refractivity contribution in [3.8, 4) is 0 Å². The molecule has 0 N–H and O–H groups in total. The molecular formula is C8H14O2. The van der Waals surface area contributed by atoms with Crippen LogP contribution in [0.4, 0.5) is 0 Å². The average Bonchev–Trinajstić information content (AvgIpc) is 2.66. The zero-order valence-corrected chi connectivity index (χ0v) is 6.81. The molecule has 2 heteroatoms. The molecule has 0 aromatic heterocycles. The number of rotatable bonds is 3. The summed E-state index contributed by atoms with van der Waals surface area (Å²) < 4.78 is 5.08. The van der Waals surface area contributed by atoms with Gasteiger partial charge in [-0.1, -0.05) is 20.8 Å². The van der Waals surface area contributed by atoms with Crippen LogP contribution >= 0.6 is 0 Å². The number of ketones is 1. The van der Waals surface area contributed by atoms with E-state index in [1.165, 1.54) is 0 Å². The number of carbonyl (C=O) groups excluding carboxylic acids is 1. The Morgan fingerprint density at radius 2 is 2.20 bits per heavy atom. The van der Waals surface area contributed by atoms with E-state index < -0.39 is 0 Å². The molecule has 0 bridgehead atoms. The Morgan fingerprint density at radius 3 is 2.50 bits per heavy atom. The summed E-state index contributed by atoms with van der Waals surface area (Å²) in [7, 11) is 0. The second-order valence-corrected chi connectivity index (χ2v) is 3.32. The van der Waals surface area contributed by atoms with Gasteiger partial charge in [0.05, 0.1) is 18.1 Å². The fourth-order valence-electron chi connectivity index (χ4n) is 1.10. The first-order chi connectivity index (χ1) is 4.59. The second kappa shape index (κ2) is 2.35. The number of Topliss-reactive ketones (excluding diaryl/α,β-unsaturated/α-hetero) is 1. The second-order valence-electron chi connectivity index (χ2n) is 3.32. The van der Waals surface area contributed by atoms with E-state index in [9.17, 15) is 4.79 Å². The number of ether oxygens (including phenoxy) is 1. The van der Waals surface area contributed by atoms with Crippen molar-refractivity contribution < 1.29 is 9.53 Å². The molecule has 10 heavy (non-hydrogen) atoms. The summed E-state index contributed by atoms with van der Waals surface area (Å²) in [5.74, 6) is 0.301. The molecule has 0 aromatic rings. The molecule has 0 radical (unpaired) electrons. The quantitative estimate of drug-likeness (QED) is 0.557. The first kappa shape index (κ1) is 7.73. The number of hydrogen-bond donors (Lipinski definition) is 0. The van der Waals surface area contributed by atoms with Crippen LogP contribution in [0.1, 0.15) is 27.2 Å². The van der Waals surface area contributed by atoms with Crippen molar-refractivity contribution in [2.24, 2.45) is 5.41 Å². The monoisotopic (exact) mass is 142 g/mol. The smallest absolute Gasteiger partial charge is 0.140 e. The van der Waals surface area contributed by atoms with Crippen molar-refractivity contribution in [3.63, 3.8) is 0 Å². The van der Waals surface area contributed by atoms with Crippen LogP contribution in [0.2, 0.25) is 0 Å². The van der Waals surface area contributed by atoms with Crippen molar-refractivity contribution in [3.05, 3.63) is 0 Å². The van der Waals surface area contributed by atoms with Gasteiger partial charge in [0.2, 0.25) is 0 Å². The highest BCUT2D eigenvalue weighted by atomic mass is 16.6. The Hall–Kier alpha value is -0.370. The molecule has 0 unspecified atom stereocenters. The first-order valence-corrected chi connectivity index (χ1v) is 3.74. The third kappa shape index (κ3) is 1.21. The van der Waals surface area contributed by atoms with E-state index in [1.54, 1.807) is 0 Å². The van der Waals surface area contributed by atoms with E-state index >= 15 is 0 Å². The van der Waals surface area contributed by atoms with Gasteiger partial charge in [0.1, 0.15) is 5.78 Å². The van der Waals surface area contributed by atoms with Crippen molar-refractivity contribution in [1.29, 1.82) is 0 Å². The van der Waals surface area contributed by atoms with Crippen LogP contribution in [-0.4, -0.2) is 18.5 Å². The van der Waals surface area contributed by atoms with Gasteiger partial charge in [-0.05, 0) is 0 Å². The normalized spacial score (nSPS) is 24.5. The summed E-state index contributed by atoms with van der Waals surface area (Å²) in [6, 6.07) is 0. The van der Waals surface area contributed by atoms with E-state index in [2.05, 4.69) is 0 Å². The van der Waals surface area contributed by atoms with Crippen LogP contribution in [0.5, 0.6) is 0 Å². The van der Waals surface area contributed by atoms with Crippen molar-refractivity contribution in [1.82, 2.24) is 0 Å². The Labute approximate surface area is 61.6 Å². The van der Waals surface area contributed by atoms with Crippen molar-refractivity contribution in [2.75, 3.05) is 6.61 Å². The van der Waals surface area contributed by atoms with E-state index in [1.807, 2.05) is 20.8 Å². The third-order valence-corrected chi connectivity index (χ3v) is 2.18. The average molecular weight is 142 g/mol. The summed E-state index contributed by atoms with van der Waals surface area (Å²) in [6.07, 6.45) is 0.812. The van der Waals surface area contributed by atoms with Gasteiger partial charge in [0, 0.05) is 6.42 Å². The molecule has 0 amide bonds. The fourth-order valence-corrected chi connectivity index (χ4v) is 1.10. The Morgan fingerprint density at radius 1 is 1.70 bits per heavy atom. The highest BCUT2D eigenvalue weighted by Gasteiger charge is 2.43. The van der Waals surface area contributed by atoms with Gasteiger partial charge in [0.25, 0.3) is 0 Å². The molecule has 2 nitrogen and oxygen atoms in total. The molecule has 0 aromatic carbocycles. The lowest BCUT2D eigenvalue weighted by Gasteiger charge is -2.18. The topological polar surface area (TPSA) is 29.6 Å². The van der Waals surface area contributed by atoms with Gasteiger partial charge in [-0.3, -0.25) is 4.79 Å². The van der Waals surface area contributed by atoms with Crippen LogP contribution in [-0.2, 0) is 9.53 Å². The number of carbonyl (C=O) groups is 1. The largest absolute Gasteiger partial charge is 0.372 e. The zero-order chi connectivity index (χ0) is 7.78. The van der Waals surface area contributed by atoms with Gasteiger partial charge < -0.3 is 4.74 Å². The minimum Gasteiger partial charge on any atom is -0.372 e. The third-order valence-electron chi connectivity index (χ3n) is 2.18. The molecule has 1 aliphatic rings. The number of hydrogen-bond acceptors (Lipinski definition) is 2. The maximum atomic E-state index is 11.2. The molecule has 58 valence electrons. The lowest BCUT2D eigenvalue weighted by atomic mass is 9.83. The predicted octanol–water partition coefficient (Wildman–Crippen LogP) is 1.39. The summed E-state index contributed by atoms with van der Waals surface area (Å²) in [5.41, 5.74) is -0.241. The summed E-state index contributed by atoms with van der Waals surface area (Å²) >= 11 is 0. The summed E-state index contributed by atoms with van der Waals surface area (Å²) in [4.78, 5) is 11.2. The van der Waals surface area contributed by atoms with Gasteiger partial charge >= 0.3 is 0 Å². The molecule has 1 heterocycles. The molecule has 1 aliphatic heterocycles. The van der Waals surface area contributed by atoms with E-state index in [0.717, 1.165) is 6.61 Å². The fraction of sp³-hybridized carbons (Fsp3) is 0.875. The summed E-state index contributed by atoms with van der Waals surface area (Å²) in [5, 5.41) is 0. The van der Waals surface area contributed by atoms with Crippen LogP contribution in [0.15, 0.2) is 0 Å². The molecule has 1 fully saturated rings.